The van der Waals surface area contributed by atoms with Crippen molar-refractivity contribution in [1.82, 2.24) is 0 Å². The molecule has 0 radical (unpaired) electrons. The highest BCUT2D eigenvalue weighted by Gasteiger charge is 2.27. The van der Waals surface area contributed by atoms with Gasteiger partial charge in [-0.2, -0.15) is 0 Å². The molecule has 0 fully saturated rings. The number of anilines is 1. The van der Waals surface area contributed by atoms with E-state index in [1.54, 1.807) is 0 Å². The van der Waals surface area contributed by atoms with Gasteiger partial charge in [0.25, 0.3) is 0 Å². The highest BCUT2D eigenvalue weighted by atomic mass is 79.9. The zero-order valence-corrected chi connectivity index (χ0v) is 9.70. The summed E-state index contributed by atoms with van der Waals surface area (Å²) in [6.45, 7) is 1.41. The van der Waals surface area contributed by atoms with E-state index in [1.807, 2.05) is 0 Å². The topological polar surface area (TPSA) is 52.3 Å². The number of benzene rings is 1. The van der Waals surface area contributed by atoms with Gasteiger partial charge in [-0.3, -0.25) is 0 Å². The van der Waals surface area contributed by atoms with Crippen molar-refractivity contribution >= 4 is 27.6 Å². The molecule has 0 atom stereocenters. The van der Waals surface area contributed by atoms with Crippen molar-refractivity contribution in [3.63, 3.8) is 0 Å². The molecule has 2 N–H and O–H groups in total. The molecule has 0 aromatic heterocycles. The molecule has 88 valence electrons. The Morgan fingerprint density at radius 3 is 2.38 bits per heavy atom. The Bertz CT molecular complexity index is 422. The van der Waals surface area contributed by atoms with Gasteiger partial charge in [-0.25, -0.2) is 18.0 Å². The molecular weight excluding hydrogens is 291 g/mol. The van der Waals surface area contributed by atoms with Crippen molar-refractivity contribution in [3.8, 4) is 0 Å². The van der Waals surface area contributed by atoms with Gasteiger partial charge < -0.3 is 10.5 Å². The Morgan fingerprint density at radius 1 is 1.31 bits per heavy atom. The molecule has 1 aromatic rings. The second kappa shape index (κ2) is 4.73. The average molecular weight is 298 g/mol. The summed E-state index contributed by atoms with van der Waals surface area (Å²) in [7, 11) is 0. The van der Waals surface area contributed by atoms with Crippen LogP contribution in [-0.2, 0) is 4.74 Å². The number of nitrogen functional groups attached to an aromatic ring is 1. The summed E-state index contributed by atoms with van der Waals surface area (Å²) in [5, 5.41) is 0. The molecule has 0 aliphatic rings. The molecule has 0 saturated heterocycles. The van der Waals surface area contributed by atoms with Crippen LogP contribution >= 0.6 is 15.9 Å². The van der Waals surface area contributed by atoms with Crippen LogP contribution in [-0.4, -0.2) is 12.6 Å². The van der Waals surface area contributed by atoms with Crippen LogP contribution in [0.4, 0.5) is 18.9 Å². The maximum Gasteiger partial charge on any atom is 0.343 e. The Hall–Kier alpha value is -1.24. The molecule has 0 saturated carbocycles. The van der Waals surface area contributed by atoms with Gasteiger partial charge in [0.2, 0.25) is 0 Å². The zero-order valence-electron chi connectivity index (χ0n) is 8.11. The molecule has 1 aromatic carbocycles. The van der Waals surface area contributed by atoms with Crippen LogP contribution in [0.3, 0.4) is 0 Å². The van der Waals surface area contributed by atoms with Gasteiger partial charge in [0, 0.05) is 0 Å². The third-order valence-corrected chi connectivity index (χ3v) is 2.48. The molecule has 0 aliphatic carbocycles. The molecule has 16 heavy (non-hydrogen) atoms. The predicted octanol–water partition coefficient (Wildman–Crippen LogP) is 2.63. The number of hydrogen-bond acceptors (Lipinski definition) is 3. The lowest BCUT2D eigenvalue weighted by atomic mass is 10.1. The predicted molar refractivity (Wildman–Crippen MR) is 54.4 cm³/mol. The molecule has 0 amide bonds. The van der Waals surface area contributed by atoms with Gasteiger partial charge in [-0.15, -0.1) is 0 Å². The van der Waals surface area contributed by atoms with Crippen LogP contribution < -0.4 is 5.73 Å². The van der Waals surface area contributed by atoms with Crippen molar-refractivity contribution in [1.29, 1.82) is 0 Å². The number of rotatable bonds is 2. The molecule has 0 unspecified atom stereocenters. The molecule has 1 rings (SSSR count). The summed E-state index contributed by atoms with van der Waals surface area (Å²) in [6.07, 6.45) is 0. The molecule has 3 nitrogen and oxygen atoms in total. The quantitative estimate of drug-likeness (QED) is 0.395. The lowest BCUT2D eigenvalue weighted by Crippen LogP contribution is -2.14. The third-order valence-electron chi connectivity index (χ3n) is 1.78. The van der Waals surface area contributed by atoms with Crippen LogP contribution in [0.5, 0.6) is 0 Å². The van der Waals surface area contributed by atoms with Gasteiger partial charge in [0.1, 0.15) is 5.56 Å². The number of halogens is 4. The first-order valence-electron chi connectivity index (χ1n) is 4.20. The first-order valence-corrected chi connectivity index (χ1v) is 4.99. The standard InChI is InChI=1S/C9H7BrF3NO2/c1-2-16-9(15)3-5(11)6(12)4(10)7(13)8(3)14/h2,14H2,1H3. The minimum Gasteiger partial charge on any atom is -0.462 e. The highest BCUT2D eigenvalue weighted by Crippen LogP contribution is 2.31. The monoisotopic (exact) mass is 297 g/mol. The molecule has 0 aliphatic heterocycles. The minimum atomic E-state index is -1.54. The summed E-state index contributed by atoms with van der Waals surface area (Å²) < 4.78 is 43.4. The summed E-state index contributed by atoms with van der Waals surface area (Å²) in [6, 6.07) is 0. The number of hydrogen-bond donors (Lipinski definition) is 1. The van der Waals surface area contributed by atoms with E-state index in [2.05, 4.69) is 20.7 Å². The fourth-order valence-corrected chi connectivity index (χ4v) is 1.44. The Labute approximate surface area is 97.5 Å². The molecule has 0 heterocycles. The van der Waals surface area contributed by atoms with Crippen LogP contribution in [0, 0.1) is 17.5 Å². The first kappa shape index (κ1) is 12.8. The lowest BCUT2D eigenvalue weighted by Gasteiger charge is -2.09. The van der Waals surface area contributed by atoms with Gasteiger partial charge in [-0.05, 0) is 22.9 Å². The normalized spacial score (nSPS) is 10.3. The van der Waals surface area contributed by atoms with E-state index >= 15 is 0 Å². The second-order valence-electron chi connectivity index (χ2n) is 2.77. The second-order valence-corrected chi connectivity index (χ2v) is 3.56. The number of carbonyl (C=O) groups excluding carboxylic acids is 1. The molecule has 7 heteroatoms. The Morgan fingerprint density at radius 2 is 1.88 bits per heavy atom. The summed E-state index contributed by atoms with van der Waals surface area (Å²) in [5.74, 6) is -5.50. The number of nitrogens with two attached hydrogens (primary N) is 1. The van der Waals surface area contributed by atoms with Crippen molar-refractivity contribution in [2.24, 2.45) is 0 Å². The van der Waals surface area contributed by atoms with E-state index in [4.69, 9.17) is 5.73 Å². The van der Waals surface area contributed by atoms with Crippen LogP contribution in [0.1, 0.15) is 17.3 Å². The van der Waals surface area contributed by atoms with E-state index in [9.17, 15) is 18.0 Å². The fraction of sp³-hybridized carbons (Fsp3) is 0.222. The van der Waals surface area contributed by atoms with E-state index in [1.165, 1.54) is 6.92 Å². The lowest BCUT2D eigenvalue weighted by molar-refractivity contribution is 0.0520. The largest absolute Gasteiger partial charge is 0.462 e. The fourth-order valence-electron chi connectivity index (χ4n) is 1.05. The summed E-state index contributed by atoms with van der Waals surface area (Å²) in [5.41, 5.74) is 3.45. The average Bonchev–Trinajstić information content (AvgIpc) is 2.24. The molecule has 0 spiro atoms. The maximum atomic E-state index is 13.3. The molecule has 0 bridgehead atoms. The summed E-state index contributed by atoms with van der Waals surface area (Å²) >= 11 is 2.48. The number of carbonyl (C=O) groups is 1. The minimum absolute atomic E-state index is 0.0585. The van der Waals surface area contributed by atoms with Gasteiger partial charge >= 0.3 is 5.97 Å². The van der Waals surface area contributed by atoms with E-state index in [0.717, 1.165) is 0 Å². The Balaban J connectivity index is 3.45. The van der Waals surface area contributed by atoms with Gasteiger partial charge in [0.05, 0.1) is 16.8 Å². The SMILES string of the molecule is CCOC(=O)c1c(N)c(F)c(Br)c(F)c1F. The maximum absolute atomic E-state index is 13.3. The third kappa shape index (κ3) is 1.99. The zero-order chi connectivity index (χ0) is 12.5. The van der Waals surface area contributed by atoms with Crippen LogP contribution in [0.15, 0.2) is 4.47 Å². The first-order chi connectivity index (χ1) is 7.41. The van der Waals surface area contributed by atoms with Gasteiger partial charge in [-0.1, -0.05) is 0 Å². The van der Waals surface area contributed by atoms with Crippen molar-refractivity contribution in [2.45, 2.75) is 6.92 Å². The highest BCUT2D eigenvalue weighted by molar-refractivity contribution is 9.10. The number of ether oxygens (including phenoxy) is 1. The summed E-state index contributed by atoms with van der Waals surface area (Å²) in [4.78, 5) is 11.2. The van der Waals surface area contributed by atoms with Crippen LogP contribution in [0.25, 0.3) is 0 Å². The van der Waals surface area contributed by atoms with E-state index in [-0.39, 0.29) is 6.61 Å². The Kier molecular flexibility index (Phi) is 3.79. The van der Waals surface area contributed by atoms with Gasteiger partial charge in [0.15, 0.2) is 17.5 Å². The van der Waals surface area contributed by atoms with E-state index in [0.29, 0.717) is 0 Å². The smallest absolute Gasteiger partial charge is 0.343 e. The van der Waals surface area contributed by atoms with E-state index < -0.39 is 39.1 Å². The number of esters is 1. The van der Waals surface area contributed by atoms with Crippen LogP contribution in [0.2, 0.25) is 0 Å². The van der Waals surface area contributed by atoms with Crippen molar-refractivity contribution in [2.75, 3.05) is 12.3 Å². The van der Waals surface area contributed by atoms with Crippen molar-refractivity contribution in [3.05, 3.63) is 27.5 Å². The van der Waals surface area contributed by atoms with Crippen molar-refractivity contribution < 1.29 is 22.7 Å². The molecular formula is C9H7BrF3NO2.